The highest BCUT2D eigenvalue weighted by Gasteiger charge is 2.31. The van der Waals surface area contributed by atoms with Crippen molar-refractivity contribution in [3.63, 3.8) is 0 Å². The van der Waals surface area contributed by atoms with Crippen LogP contribution >= 0.6 is 0 Å². The number of piperazine rings is 1. The number of hydrogen-bond acceptors (Lipinski definition) is 2. The van der Waals surface area contributed by atoms with Crippen molar-refractivity contribution in [3.8, 4) is 0 Å². The van der Waals surface area contributed by atoms with Crippen molar-refractivity contribution in [2.75, 3.05) is 26.2 Å². The molecule has 0 unspecified atom stereocenters. The first-order chi connectivity index (χ1) is 9.74. The number of rotatable bonds is 3. The average molecular weight is 272 g/mol. The largest absolute Gasteiger partial charge is 0.314 e. The maximum atomic E-state index is 3.49. The first-order valence-corrected chi connectivity index (χ1v) is 8.27. The molecule has 1 atom stereocenters. The van der Waals surface area contributed by atoms with Gasteiger partial charge in [0.2, 0.25) is 0 Å². The highest BCUT2D eigenvalue weighted by atomic mass is 15.2. The molecule has 110 valence electrons. The van der Waals surface area contributed by atoms with E-state index in [9.17, 15) is 0 Å². The van der Waals surface area contributed by atoms with Crippen LogP contribution in [0.2, 0.25) is 0 Å². The molecular weight excluding hydrogens is 244 g/mol. The van der Waals surface area contributed by atoms with Crippen molar-refractivity contribution in [3.05, 3.63) is 34.9 Å². The van der Waals surface area contributed by atoms with Crippen molar-refractivity contribution in [2.45, 2.75) is 45.6 Å². The predicted molar refractivity (Wildman–Crippen MR) is 85.1 cm³/mol. The Hall–Kier alpha value is -0.860. The summed E-state index contributed by atoms with van der Waals surface area (Å²) >= 11 is 0. The van der Waals surface area contributed by atoms with Gasteiger partial charge < -0.3 is 5.32 Å². The van der Waals surface area contributed by atoms with Gasteiger partial charge >= 0.3 is 0 Å². The minimum atomic E-state index is 0.651. The number of nitrogens with zero attached hydrogens (tertiary/aromatic N) is 1. The van der Waals surface area contributed by atoms with Gasteiger partial charge in [0, 0.05) is 32.2 Å². The van der Waals surface area contributed by atoms with Crippen molar-refractivity contribution < 1.29 is 0 Å². The molecule has 2 fully saturated rings. The lowest BCUT2D eigenvalue weighted by Crippen LogP contribution is -2.46. The molecule has 1 aliphatic heterocycles. The molecule has 0 amide bonds. The molecule has 0 spiro atoms. The van der Waals surface area contributed by atoms with Gasteiger partial charge in [0.25, 0.3) is 0 Å². The van der Waals surface area contributed by atoms with E-state index in [1.165, 1.54) is 49.9 Å². The maximum Gasteiger partial charge on any atom is 0.0377 e. The van der Waals surface area contributed by atoms with E-state index in [0.29, 0.717) is 6.04 Å². The first kappa shape index (κ1) is 14.1. The van der Waals surface area contributed by atoms with E-state index >= 15 is 0 Å². The van der Waals surface area contributed by atoms with E-state index in [1.54, 1.807) is 5.56 Å². The minimum absolute atomic E-state index is 0.651. The molecule has 1 N–H and O–H groups in total. The summed E-state index contributed by atoms with van der Waals surface area (Å²) in [5.74, 6) is 0.870. The molecule has 2 nitrogen and oxygen atoms in total. The fourth-order valence-electron chi connectivity index (χ4n) is 4.20. The molecular formula is C18H28N2. The molecule has 1 heterocycles. The second-order valence-electron chi connectivity index (χ2n) is 6.70. The van der Waals surface area contributed by atoms with E-state index in [2.05, 4.69) is 42.3 Å². The lowest BCUT2D eigenvalue weighted by molar-refractivity contribution is 0.125. The van der Waals surface area contributed by atoms with Crippen LogP contribution in [0.4, 0.5) is 0 Å². The zero-order chi connectivity index (χ0) is 13.9. The van der Waals surface area contributed by atoms with Crippen LogP contribution in [0.5, 0.6) is 0 Å². The highest BCUT2D eigenvalue weighted by Crippen LogP contribution is 2.40. The standard InChI is InChI=1S/C18H28N2/c1-14-11-15(2)13-17(12-14)18(16-5-3-4-6-16)20-9-7-19-8-10-20/h11-13,16,18-19H,3-10H2,1-2H3/t18-/m1/s1. The van der Waals surface area contributed by atoms with E-state index < -0.39 is 0 Å². The monoisotopic (exact) mass is 272 g/mol. The summed E-state index contributed by atoms with van der Waals surface area (Å²) < 4.78 is 0. The van der Waals surface area contributed by atoms with Crippen molar-refractivity contribution in [1.82, 2.24) is 10.2 Å². The normalized spacial score (nSPS) is 23.1. The lowest BCUT2D eigenvalue weighted by Gasteiger charge is -2.39. The molecule has 0 radical (unpaired) electrons. The highest BCUT2D eigenvalue weighted by molar-refractivity contribution is 5.31. The van der Waals surface area contributed by atoms with Crippen LogP contribution < -0.4 is 5.32 Å². The maximum absolute atomic E-state index is 3.49. The van der Waals surface area contributed by atoms with E-state index in [0.717, 1.165) is 19.0 Å². The number of nitrogens with one attached hydrogen (secondary N) is 1. The summed E-state index contributed by atoms with van der Waals surface area (Å²) in [4.78, 5) is 2.74. The second kappa shape index (κ2) is 6.28. The Kier molecular flexibility index (Phi) is 4.42. The molecule has 0 bridgehead atoms. The van der Waals surface area contributed by atoms with Gasteiger partial charge in [-0.1, -0.05) is 42.2 Å². The van der Waals surface area contributed by atoms with Gasteiger partial charge in [-0.2, -0.15) is 0 Å². The van der Waals surface area contributed by atoms with E-state index in [-0.39, 0.29) is 0 Å². The SMILES string of the molecule is Cc1cc(C)cc([C@@H](C2CCCC2)N2CCNCC2)c1. The summed E-state index contributed by atoms with van der Waals surface area (Å²) in [5.41, 5.74) is 4.40. The third-order valence-electron chi connectivity index (χ3n) is 4.98. The van der Waals surface area contributed by atoms with E-state index in [4.69, 9.17) is 0 Å². The summed E-state index contributed by atoms with van der Waals surface area (Å²) in [6, 6.07) is 7.81. The Morgan fingerprint density at radius 2 is 1.60 bits per heavy atom. The van der Waals surface area contributed by atoms with Crippen LogP contribution in [-0.4, -0.2) is 31.1 Å². The molecule has 1 aromatic carbocycles. The number of hydrogen-bond donors (Lipinski definition) is 1. The smallest absolute Gasteiger partial charge is 0.0377 e. The molecule has 1 saturated carbocycles. The summed E-state index contributed by atoms with van der Waals surface area (Å²) in [7, 11) is 0. The van der Waals surface area contributed by atoms with Gasteiger partial charge in [-0.15, -0.1) is 0 Å². The van der Waals surface area contributed by atoms with Gasteiger partial charge in [-0.25, -0.2) is 0 Å². The predicted octanol–water partition coefficient (Wildman–Crippen LogP) is 3.44. The van der Waals surface area contributed by atoms with Crippen molar-refractivity contribution in [2.24, 2.45) is 5.92 Å². The number of benzene rings is 1. The third-order valence-corrected chi connectivity index (χ3v) is 4.98. The van der Waals surface area contributed by atoms with Crippen LogP contribution in [0.3, 0.4) is 0 Å². The van der Waals surface area contributed by atoms with Gasteiger partial charge in [0.05, 0.1) is 0 Å². The molecule has 1 aliphatic carbocycles. The fraction of sp³-hybridized carbons (Fsp3) is 0.667. The van der Waals surface area contributed by atoms with E-state index in [1.807, 2.05) is 0 Å². The fourth-order valence-corrected chi connectivity index (χ4v) is 4.20. The Balaban J connectivity index is 1.90. The second-order valence-corrected chi connectivity index (χ2v) is 6.70. The molecule has 1 aromatic rings. The Bertz CT molecular complexity index is 422. The zero-order valence-electron chi connectivity index (χ0n) is 13.0. The average Bonchev–Trinajstić information content (AvgIpc) is 2.93. The Morgan fingerprint density at radius 3 is 2.20 bits per heavy atom. The van der Waals surface area contributed by atoms with Crippen LogP contribution in [0.1, 0.15) is 48.4 Å². The molecule has 3 rings (SSSR count). The number of aryl methyl sites for hydroxylation is 2. The summed E-state index contributed by atoms with van der Waals surface area (Å²) in [6.07, 6.45) is 5.69. The minimum Gasteiger partial charge on any atom is -0.314 e. The van der Waals surface area contributed by atoms with Crippen LogP contribution in [0.25, 0.3) is 0 Å². The summed E-state index contributed by atoms with van der Waals surface area (Å²) in [6.45, 7) is 9.17. The quantitative estimate of drug-likeness (QED) is 0.907. The summed E-state index contributed by atoms with van der Waals surface area (Å²) in [5, 5.41) is 3.49. The van der Waals surface area contributed by atoms with Crippen molar-refractivity contribution in [1.29, 1.82) is 0 Å². The Morgan fingerprint density at radius 1 is 1.00 bits per heavy atom. The molecule has 2 heteroatoms. The molecule has 0 aromatic heterocycles. The zero-order valence-corrected chi connectivity index (χ0v) is 13.0. The van der Waals surface area contributed by atoms with Gasteiger partial charge in [-0.05, 0) is 38.2 Å². The molecule has 1 saturated heterocycles. The Labute approximate surface area is 123 Å². The first-order valence-electron chi connectivity index (χ1n) is 8.27. The van der Waals surface area contributed by atoms with Crippen LogP contribution in [-0.2, 0) is 0 Å². The van der Waals surface area contributed by atoms with Gasteiger partial charge in [0.1, 0.15) is 0 Å². The topological polar surface area (TPSA) is 15.3 Å². The molecule has 20 heavy (non-hydrogen) atoms. The van der Waals surface area contributed by atoms with Gasteiger partial charge in [-0.3, -0.25) is 4.90 Å². The third kappa shape index (κ3) is 3.07. The van der Waals surface area contributed by atoms with Crippen LogP contribution in [0, 0.1) is 19.8 Å². The molecule has 2 aliphatic rings. The van der Waals surface area contributed by atoms with Crippen LogP contribution in [0.15, 0.2) is 18.2 Å². The van der Waals surface area contributed by atoms with Crippen molar-refractivity contribution >= 4 is 0 Å². The van der Waals surface area contributed by atoms with Gasteiger partial charge in [0.15, 0.2) is 0 Å². The lowest BCUT2D eigenvalue weighted by atomic mass is 9.88.